The number of rotatable bonds is 8. The molecule has 23 heavy (non-hydrogen) atoms. The van der Waals surface area contributed by atoms with Crippen LogP contribution in [-0.4, -0.2) is 57.2 Å². The molecule has 0 fully saturated rings. The van der Waals surface area contributed by atoms with Crippen molar-refractivity contribution in [1.82, 2.24) is 19.7 Å². The van der Waals surface area contributed by atoms with Crippen molar-refractivity contribution in [3.8, 4) is 5.69 Å². The molecule has 0 aliphatic heterocycles. The second kappa shape index (κ2) is 8.19. The van der Waals surface area contributed by atoms with Crippen LogP contribution in [0, 0.1) is 0 Å². The van der Waals surface area contributed by atoms with Crippen LogP contribution in [-0.2, 0) is 4.74 Å². The van der Waals surface area contributed by atoms with Gasteiger partial charge in [0.25, 0.3) is 0 Å². The smallest absolute Gasteiger partial charge is 0.138 e. The standard InChI is InChI=1S/C17H26N4O2/c1-13(2)23-10-17(22)9-20(4)14(3)15-5-7-16(8-6-15)21-12-18-11-19-21/h5-8,11-14,17,22H,9-10H2,1-4H3. The fraction of sp³-hybridized carbons (Fsp3) is 0.529. The Morgan fingerprint density at radius 2 is 1.91 bits per heavy atom. The van der Waals surface area contributed by atoms with Crippen LogP contribution in [0.5, 0.6) is 0 Å². The lowest BCUT2D eigenvalue weighted by Gasteiger charge is -2.27. The first-order chi connectivity index (χ1) is 11.0. The third kappa shape index (κ3) is 5.13. The van der Waals surface area contributed by atoms with Crippen LogP contribution >= 0.6 is 0 Å². The highest BCUT2D eigenvalue weighted by molar-refractivity contribution is 5.34. The number of hydrogen-bond acceptors (Lipinski definition) is 5. The summed E-state index contributed by atoms with van der Waals surface area (Å²) in [5, 5.41) is 14.2. The van der Waals surface area contributed by atoms with E-state index in [0.29, 0.717) is 13.2 Å². The van der Waals surface area contributed by atoms with Gasteiger partial charge in [-0.05, 0) is 45.5 Å². The molecule has 0 amide bonds. The molecular formula is C17H26N4O2. The summed E-state index contributed by atoms with van der Waals surface area (Å²) in [5.74, 6) is 0. The zero-order chi connectivity index (χ0) is 16.8. The van der Waals surface area contributed by atoms with E-state index in [1.54, 1.807) is 11.0 Å². The van der Waals surface area contributed by atoms with Crippen LogP contribution in [0.1, 0.15) is 32.4 Å². The minimum absolute atomic E-state index is 0.136. The molecule has 1 aromatic carbocycles. The predicted octanol–water partition coefficient (Wildman–Crippen LogP) is 2.05. The van der Waals surface area contributed by atoms with Crippen LogP contribution in [0.3, 0.4) is 0 Å². The van der Waals surface area contributed by atoms with E-state index in [4.69, 9.17) is 4.74 Å². The average molecular weight is 318 g/mol. The Labute approximate surface area is 137 Å². The summed E-state index contributed by atoms with van der Waals surface area (Å²) in [7, 11) is 2.01. The normalized spacial score (nSPS) is 14.4. The van der Waals surface area contributed by atoms with Crippen molar-refractivity contribution in [2.75, 3.05) is 20.2 Å². The lowest BCUT2D eigenvalue weighted by molar-refractivity contribution is -0.00949. The molecule has 0 aliphatic rings. The van der Waals surface area contributed by atoms with Crippen molar-refractivity contribution in [3.05, 3.63) is 42.5 Å². The summed E-state index contributed by atoms with van der Waals surface area (Å²) in [5.41, 5.74) is 2.17. The van der Waals surface area contributed by atoms with Gasteiger partial charge in [0, 0.05) is 12.6 Å². The zero-order valence-electron chi connectivity index (χ0n) is 14.3. The first kappa shape index (κ1) is 17.6. The Morgan fingerprint density at radius 3 is 2.48 bits per heavy atom. The van der Waals surface area contributed by atoms with E-state index >= 15 is 0 Å². The van der Waals surface area contributed by atoms with Crippen molar-refractivity contribution in [3.63, 3.8) is 0 Å². The van der Waals surface area contributed by atoms with Crippen molar-refractivity contribution >= 4 is 0 Å². The van der Waals surface area contributed by atoms with Gasteiger partial charge in [-0.3, -0.25) is 4.90 Å². The lowest BCUT2D eigenvalue weighted by Crippen LogP contribution is -2.34. The van der Waals surface area contributed by atoms with Crippen molar-refractivity contribution in [2.24, 2.45) is 0 Å². The minimum atomic E-state index is -0.487. The first-order valence-electron chi connectivity index (χ1n) is 7.92. The van der Waals surface area contributed by atoms with E-state index in [9.17, 15) is 5.11 Å². The molecule has 2 aromatic rings. The van der Waals surface area contributed by atoms with E-state index in [-0.39, 0.29) is 12.1 Å². The predicted molar refractivity (Wildman–Crippen MR) is 89.5 cm³/mol. The van der Waals surface area contributed by atoms with E-state index in [1.165, 1.54) is 11.9 Å². The van der Waals surface area contributed by atoms with Gasteiger partial charge in [0.2, 0.25) is 0 Å². The molecule has 0 saturated carbocycles. The Bertz CT molecular complexity index is 569. The molecule has 0 spiro atoms. The number of aromatic nitrogens is 3. The molecule has 0 saturated heterocycles. The van der Waals surface area contributed by atoms with Gasteiger partial charge >= 0.3 is 0 Å². The second-order valence-electron chi connectivity index (χ2n) is 6.08. The average Bonchev–Trinajstić information content (AvgIpc) is 3.06. The van der Waals surface area contributed by atoms with Gasteiger partial charge < -0.3 is 9.84 Å². The van der Waals surface area contributed by atoms with Gasteiger partial charge in [0.15, 0.2) is 0 Å². The fourth-order valence-electron chi connectivity index (χ4n) is 2.35. The summed E-state index contributed by atoms with van der Waals surface area (Å²) in [6.07, 6.45) is 2.84. The molecule has 1 heterocycles. The van der Waals surface area contributed by atoms with E-state index in [1.807, 2.05) is 33.0 Å². The van der Waals surface area contributed by atoms with E-state index < -0.39 is 6.10 Å². The van der Waals surface area contributed by atoms with Crippen LogP contribution in [0.15, 0.2) is 36.9 Å². The van der Waals surface area contributed by atoms with Crippen molar-refractivity contribution in [1.29, 1.82) is 0 Å². The third-order valence-corrected chi connectivity index (χ3v) is 3.84. The van der Waals surface area contributed by atoms with Gasteiger partial charge in [0.1, 0.15) is 12.7 Å². The molecule has 2 unspecified atom stereocenters. The maximum Gasteiger partial charge on any atom is 0.138 e. The van der Waals surface area contributed by atoms with Crippen LogP contribution < -0.4 is 0 Å². The Kier molecular flexibility index (Phi) is 6.27. The molecule has 2 rings (SSSR count). The first-order valence-corrected chi connectivity index (χ1v) is 7.92. The largest absolute Gasteiger partial charge is 0.389 e. The van der Waals surface area contributed by atoms with Gasteiger partial charge in [0.05, 0.1) is 24.5 Å². The Balaban J connectivity index is 1.92. The van der Waals surface area contributed by atoms with Crippen molar-refractivity contribution < 1.29 is 9.84 Å². The molecule has 0 radical (unpaired) electrons. The van der Waals surface area contributed by atoms with Gasteiger partial charge in [-0.25, -0.2) is 9.67 Å². The highest BCUT2D eigenvalue weighted by Gasteiger charge is 2.16. The number of aliphatic hydroxyl groups is 1. The SMILES string of the molecule is CC(C)OCC(O)CN(C)C(C)c1ccc(-n2cncn2)cc1. The number of likely N-dealkylation sites (N-methyl/N-ethyl adjacent to an activating group) is 1. The molecule has 1 N–H and O–H groups in total. The topological polar surface area (TPSA) is 63.4 Å². The lowest BCUT2D eigenvalue weighted by atomic mass is 10.1. The van der Waals surface area contributed by atoms with Crippen LogP contribution in [0.4, 0.5) is 0 Å². The summed E-state index contributed by atoms with van der Waals surface area (Å²) < 4.78 is 7.18. The molecule has 1 aromatic heterocycles. The molecule has 0 bridgehead atoms. The molecule has 126 valence electrons. The fourth-order valence-corrected chi connectivity index (χ4v) is 2.35. The van der Waals surface area contributed by atoms with Gasteiger partial charge in [-0.1, -0.05) is 12.1 Å². The molecule has 6 nitrogen and oxygen atoms in total. The molecule has 6 heteroatoms. The maximum atomic E-state index is 10.0. The molecule has 0 aliphatic carbocycles. The number of benzene rings is 1. The zero-order valence-corrected chi connectivity index (χ0v) is 14.3. The quantitative estimate of drug-likeness (QED) is 0.807. The number of ether oxygens (including phenoxy) is 1. The second-order valence-corrected chi connectivity index (χ2v) is 6.08. The van der Waals surface area contributed by atoms with Crippen LogP contribution in [0.2, 0.25) is 0 Å². The number of aliphatic hydroxyl groups excluding tert-OH is 1. The van der Waals surface area contributed by atoms with Crippen LogP contribution in [0.25, 0.3) is 5.69 Å². The number of nitrogens with zero attached hydrogens (tertiary/aromatic N) is 4. The Morgan fingerprint density at radius 1 is 1.22 bits per heavy atom. The summed E-state index contributed by atoms with van der Waals surface area (Å²) >= 11 is 0. The maximum absolute atomic E-state index is 10.0. The minimum Gasteiger partial charge on any atom is -0.389 e. The van der Waals surface area contributed by atoms with E-state index in [2.05, 4.69) is 34.0 Å². The van der Waals surface area contributed by atoms with Gasteiger partial charge in [-0.2, -0.15) is 5.10 Å². The Hall–Kier alpha value is -1.76. The number of hydrogen-bond donors (Lipinski definition) is 1. The highest BCUT2D eigenvalue weighted by Crippen LogP contribution is 2.20. The molecule has 2 atom stereocenters. The highest BCUT2D eigenvalue weighted by atomic mass is 16.5. The summed E-state index contributed by atoms with van der Waals surface area (Å²) in [4.78, 5) is 6.07. The molecular weight excluding hydrogens is 292 g/mol. The summed E-state index contributed by atoms with van der Waals surface area (Å²) in [6.45, 7) is 6.99. The van der Waals surface area contributed by atoms with E-state index in [0.717, 1.165) is 5.69 Å². The van der Waals surface area contributed by atoms with Crippen molar-refractivity contribution in [2.45, 2.75) is 39.0 Å². The third-order valence-electron chi connectivity index (χ3n) is 3.84. The summed E-state index contributed by atoms with van der Waals surface area (Å²) in [6, 6.07) is 8.40. The monoisotopic (exact) mass is 318 g/mol. The van der Waals surface area contributed by atoms with Gasteiger partial charge in [-0.15, -0.1) is 0 Å².